The molecule has 1 aliphatic rings. The number of nitrogens with zero attached hydrogens (tertiary/aromatic N) is 1. The monoisotopic (exact) mass is 264 g/mol. The van der Waals surface area contributed by atoms with Crippen molar-refractivity contribution in [3.8, 4) is 5.88 Å². The maximum Gasteiger partial charge on any atom is 0.218 e. The molecule has 2 rings (SSSR count). The van der Waals surface area contributed by atoms with Crippen molar-refractivity contribution < 1.29 is 9.47 Å². The van der Waals surface area contributed by atoms with E-state index in [0.717, 1.165) is 31.0 Å². The Hall–Kier alpha value is -1.13. The highest BCUT2D eigenvalue weighted by atomic mass is 16.5. The van der Waals surface area contributed by atoms with Gasteiger partial charge in [-0.3, -0.25) is 0 Å². The minimum atomic E-state index is 0.146. The van der Waals surface area contributed by atoms with Crippen LogP contribution in [0, 0.1) is 0 Å². The molecule has 1 fully saturated rings. The molecule has 0 radical (unpaired) electrons. The van der Waals surface area contributed by atoms with E-state index in [-0.39, 0.29) is 6.10 Å². The van der Waals surface area contributed by atoms with Crippen LogP contribution in [0.4, 0.5) is 0 Å². The fraction of sp³-hybridized carbons (Fsp3) is 0.667. The molecule has 19 heavy (non-hydrogen) atoms. The van der Waals surface area contributed by atoms with Crippen molar-refractivity contribution in [1.82, 2.24) is 10.3 Å². The first-order valence-corrected chi connectivity index (χ1v) is 7.12. The SMILES string of the molecule is CC(C)Oc1ncccc1CNCC1CCC(C)O1. The zero-order chi connectivity index (χ0) is 13.7. The van der Waals surface area contributed by atoms with Crippen LogP contribution in [-0.4, -0.2) is 29.8 Å². The summed E-state index contributed by atoms with van der Waals surface area (Å²) in [7, 11) is 0. The summed E-state index contributed by atoms with van der Waals surface area (Å²) >= 11 is 0. The Balaban J connectivity index is 1.82. The topological polar surface area (TPSA) is 43.4 Å². The van der Waals surface area contributed by atoms with Gasteiger partial charge in [0.2, 0.25) is 5.88 Å². The molecule has 0 amide bonds. The normalized spacial score (nSPS) is 22.9. The highest BCUT2D eigenvalue weighted by molar-refractivity contribution is 5.25. The summed E-state index contributed by atoms with van der Waals surface area (Å²) in [5.74, 6) is 0.728. The van der Waals surface area contributed by atoms with Crippen LogP contribution in [0.5, 0.6) is 5.88 Å². The smallest absolute Gasteiger partial charge is 0.218 e. The third kappa shape index (κ3) is 4.48. The number of nitrogens with one attached hydrogen (secondary N) is 1. The fourth-order valence-electron chi connectivity index (χ4n) is 2.29. The van der Waals surface area contributed by atoms with Crippen LogP contribution in [0.3, 0.4) is 0 Å². The van der Waals surface area contributed by atoms with E-state index in [9.17, 15) is 0 Å². The Bertz CT molecular complexity index is 395. The molecule has 0 bridgehead atoms. The minimum absolute atomic E-state index is 0.146. The second kappa shape index (κ2) is 6.87. The van der Waals surface area contributed by atoms with E-state index < -0.39 is 0 Å². The van der Waals surface area contributed by atoms with Gasteiger partial charge in [-0.1, -0.05) is 6.07 Å². The lowest BCUT2D eigenvalue weighted by Crippen LogP contribution is -2.27. The molecule has 4 heteroatoms. The third-order valence-corrected chi connectivity index (χ3v) is 3.20. The molecular formula is C15H24N2O2. The Labute approximate surface area is 115 Å². The van der Waals surface area contributed by atoms with Crippen molar-refractivity contribution in [2.75, 3.05) is 6.54 Å². The van der Waals surface area contributed by atoms with Crippen LogP contribution in [0.1, 0.15) is 39.2 Å². The van der Waals surface area contributed by atoms with Gasteiger partial charge in [0.1, 0.15) is 0 Å². The van der Waals surface area contributed by atoms with Gasteiger partial charge in [0.15, 0.2) is 0 Å². The number of aromatic nitrogens is 1. The molecule has 0 aromatic carbocycles. The van der Waals surface area contributed by atoms with Gasteiger partial charge in [-0.25, -0.2) is 4.98 Å². The molecule has 0 saturated carbocycles. The molecular weight excluding hydrogens is 240 g/mol. The zero-order valence-corrected chi connectivity index (χ0v) is 12.1. The average Bonchev–Trinajstić information content (AvgIpc) is 2.77. The lowest BCUT2D eigenvalue weighted by Gasteiger charge is -2.15. The first-order valence-electron chi connectivity index (χ1n) is 7.12. The van der Waals surface area contributed by atoms with Crippen molar-refractivity contribution in [3.63, 3.8) is 0 Å². The van der Waals surface area contributed by atoms with Gasteiger partial charge in [0, 0.05) is 24.8 Å². The number of rotatable bonds is 6. The summed E-state index contributed by atoms with van der Waals surface area (Å²) < 4.78 is 11.5. The van der Waals surface area contributed by atoms with Crippen molar-refractivity contribution in [3.05, 3.63) is 23.9 Å². The van der Waals surface area contributed by atoms with Crippen LogP contribution >= 0.6 is 0 Å². The number of ether oxygens (including phenoxy) is 2. The van der Waals surface area contributed by atoms with Crippen molar-refractivity contribution in [2.45, 2.75) is 58.5 Å². The van der Waals surface area contributed by atoms with Gasteiger partial charge in [0.25, 0.3) is 0 Å². The zero-order valence-electron chi connectivity index (χ0n) is 12.1. The summed E-state index contributed by atoms with van der Waals surface area (Å²) in [6, 6.07) is 3.99. The average molecular weight is 264 g/mol. The first kappa shape index (κ1) is 14.3. The summed E-state index contributed by atoms with van der Waals surface area (Å²) in [6.45, 7) is 7.82. The second-order valence-electron chi connectivity index (χ2n) is 5.41. The molecule has 4 nitrogen and oxygen atoms in total. The van der Waals surface area contributed by atoms with E-state index >= 15 is 0 Å². The van der Waals surface area contributed by atoms with E-state index in [1.165, 1.54) is 6.42 Å². The van der Waals surface area contributed by atoms with Gasteiger partial charge in [-0.15, -0.1) is 0 Å². The van der Waals surface area contributed by atoms with Crippen LogP contribution in [0.2, 0.25) is 0 Å². The lowest BCUT2D eigenvalue weighted by atomic mass is 10.2. The summed E-state index contributed by atoms with van der Waals surface area (Å²) in [4.78, 5) is 4.29. The molecule has 1 aromatic rings. The summed E-state index contributed by atoms with van der Waals surface area (Å²) in [5.41, 5.74) is 1.10. The summed E-state index contributed by atoms with van der Waals surface area (Å²) in [5, 5.41) is 3.43. The predicted molar refractivity (Wildman–Crippen MR) is 75.3 cm³/mol. The molecule has 0 aliphatic carbocycles. The number of hydrogen-bond donors (Lipinski definition) is 1. The largest absolute Gasteiger partial charge is 0.475 e. The van der Waals surface area contributed by atoms with Crippen molar-refractivity contribution in [2.24, 2.45) is 0 Å². The van der Waals surface area contributed by atoms with E-state index in [2.05, 4.69) is 23.3 Å². The molecule has 1 aromatic heterocycles. The van der Waals surface area contributed by atoms with E-state index in [1.807, 2.05) is 19.9 Å². The van der Waals surface area contributed by atoms with Gasteiger partial charge >= 0.3 is 0 Å². The van der Waals surface area contributed by atoms with Gasteiger partial charge < -0.3 is 14.8 Å². The third-order valence-electron chi connectivity index (χ3n) is 3.20. The quantitative estimate of drug-likeness (QED) is 0.857. The molecule has 106 valence electrons. The van der Waals surface area contributed by atoms with Crippen LogP contribution in [0.25, 0.3) is 0 Å². The summed E-state index contributed by atoms with van der Waals surface area (Å²) in [6.07, 6.45) is 4.99. The highest BCUT2D eigenvalue weighted by Crippen LogP contribution is 2.19. The van der Waals surface area contributed by atoms with Crippen molar-refractivity contribution >= 4 is 0 Å². The Kier molecular flexibility index (Phi) is 5.16. The number of hydrogen-bond acceptors (Lipinski definition) is 4. The fourth-order valence-corrected chi connectivity index (χ4v) is 2.29. The van der Waals surface area contributed by atoms with Crippen LogP contribution < -0.4 is 10.1 Å². The van der Waals surface area contributed by atoms with Crippen LogP contribution in [0.15, 0.2) is 18.3 Å². The maximum atomic E-state index is 5.78. The van der Waals surface area contributed by atoms with Gasteiger partial charge in [0.05, 0.1) is 18.3 Å². The molecule has 2 unspecified atom stereocenters. The molecule has 1 saturated heterocycles. The molecule has 0 spiro atoms. The molecule has 1 N–H and O–H groups in total. The predicted octanol–water partition coefficient (Wildman–Crippen LogP) is 2.53. The van der Waals surface area contributed by atoms with Crippen molar-refractivity contribution in [1.29, 1.82) is 0 Å². The Morgan fingerprint density at radius 1 is 1.47 bits per heavy atom. The Morgan fingerprint density at radius 2 is 2.32 bits per heavy atom. The first-order chi connectivity index (χ1) is 9.15. The van der Waals surface area contributed by atoms with Crippen LogP contribution in [-0.2, 0) is 11.3 Å². The maximum absolute atomic E-state index is 5.78. The van der Waals surface area contributed by atoms with E-state index in [4.69, 9.17) is 9.47 Å². The number of pyridine rings is 1. The van der Waals surface area contributed by atoms with E-state index in [1.54, 1.807) is 6.20 Å². The molecule has 2 atom stereocenters. The van der Waals surface area contributed by atoms with Gasteiger partial charge in [-0.2, -0.15) is 0 Å². The lowest BCUT2D eigenvalue weighted by molar-refractivity contribution is 0.0558. The minimum Gasteiger partial charge on any atom is -0.475 e. The molecule has 2 heterocycles. The second-order valence-corrected chi connectivity index (χ2v) is 5.41. The van der Waals surface area contributed by atoms with Gasteiger partial charge in [-0.05, 0) is 39.7 Å². The molecule has 1 aliphatic heterocycles. The standard InChI is InChI=1S/C15H24N2O2/c1-11(2)18-15-13(5-4-8-17-15)9-16-10-14-7-6-12(3)19-14/h4-5,8,11-12,14,16H,6-7,9-10H2,1-3H3. The Morgan fingerprint density at radius 3 is 3.00 bits per heavy atom. The van der Waals surface area contributed by atoms with E-state index in [0.29, 0.717) is 12.2 Å². The highest BCUT2D eigenvalue weighted by Gasteiger charge is 2.21.